The molecule has 0 radical (unpaired) electrons. The maximum atomic E-state index is 12.5. The van der Waals surface area contributed by atoms with Gasteiger partial charge in [-0.3, -0.25) is 9.59 Å². The summed E-state index contributed by atoms with van der Waals surface area (Å²) in [5.41, 5.74) is 0. The molecule has 2 unspecified atom stereocenters. The molecule has 4 heteroatoms. The second kappa shape index (κ2) is 16.9. The Labute approximate surface area is 174 Å². The molecule has 4 nitrogen and oxygen atoms in total. The molecule has 0 saturated heterocycles. The normalized spacial score (nSPS) is 13.6. The van der Waals surface area contributed by atoms with Gasteiger partial charge in [-0.25, -0.2) is 0 Å². The molecule has 0 aromatic carbocycles. The second-order valence-corrected chi connectivity index (χ2v) is 9.07. The van der Waals surface area contributed by atoms with E-state index in [1.807, 2.05) is 13.8 Å². The molecule has 0 spiro atoms. The fourth-order valence-corrected chi connectivity index (χ4v) is 3.17. The molecule has 0 saturated carbocycles. The molecular formula is C24H46O4. The summed E-state index contributed by atoms with van der Waals surface area (Å²) in [6.07, 6.45) is 9.71. The smallest absolute Gasteiger partial charge is 0.309 e. The summed E-state index contributed by atoms with van der Waals surface area (Å²) in [6, 6.07) is 0. The first-order chi connectivity index (χ1) is 13.3. The minimum atomic E-state index is -0.394. The zero-order valence-electron chi connectivity index (χ0n) is 19.4. The van der Waals surface area contributed by atoms with Crippen LogP contribution < -0.4 is 0 Å². The van der Waals surface area contributed by atoms with Gasteiger partial charge in [-0.15, -0.1) is 0 Å². The average molecular weight is 399 g/mol. The summed E-state index contributed by atoms with van der Waals surface area (Å²) < 4.78 is 10.8. The lowest BCUT2D eigenvalue weighted by Crippen LogP contribution is -2.28. The van der Waals surface area contributed by atoms with Crippen molar-refractivity contribution in [2.75, 3.05) is 13.2 Å². The molecule has 0 aliphatic heterocycles. The van der Waals surface area contributed by atoms with Gasteiger partial charge in [-0.2, -0.15) is 0 Å². The Morgan fingerprint density at radius 3 is 1.68 bits per heavy atom. The van der Waals surface area contributed by atoms with Crippen molar-refractivity contribution < 1.29 is 19.1 Å². The molecule has 0 rings (SSSR count). The summed E-state index contributed by atoms with van der Waals surface area (Å²) in [6.45, 7) is 13.8. The largest absolute Gasteiger partial charge is 0.466 e. The van der Waals surface area contributed by atoms with Crippen LogP contribution in [0, 0.1) is 23.7 Å². The molecule has 0 aliphatic carbocycles. The molecule has 0 fully saturated rings. The first-order valence-electron chi connectivity index (χ1n) is 11.6. The van der Waals surface area contributed by atoms with Crippen LogP contribution in [0.4, 0.5) is 0 Å². The van der Waals surface area contributed by atoms with E-state index >= 15 is 0 Å². The van der Waals surface area contributed by atoms with Crippen LogP contribution in [0.25, 0.3) is 0 Å². The van der Waals surface area contributed by atoms with E-state index in [9.17, 15) is 9.59 Å². The number of ether oxygens (including phenoxy) is 2. The third-order valence-electron chi connectivity index (χ3n) is 5.38. The summed E-state index contributed by atoms with van der Waals surface area (Å²) in [5.74, 6) is 0.648. The van der Waals surface area contributed by atoms with Gasteiger partial charge < -0.3 is 9.47 Å². The minimum Gasteiger partial charge on any atom is -0.466 e. The molecule has 28 heavy (non-hydrogen) atoms. The van der Waals surface area contributed by atoms with E-state index in [2.05, 4.69) is 27.7 Å². The maximum Gasteiger partial charge on any atom is 0.309 e. The summed E-state index contributed by atoms with van der Waals surface area (Å²) in [4.78, 5) is 24.6. The standard InChI is InChI=1S/C24H46O4/c1-7-21(6)22(24(26)28-17-13-9-11-15-20(4)5)18-23(25)27-16-12-8-10-14-19(2)3/h19-22H,7-18H2,1-6H3. The van der Waals surface area contributed by atoms with Crippen molar-refractivity contribution in [1.82, 2.24) is 0 Å². The number of hydrogen-bond donors (Lipinski definition) is 0. The lowest BCUT2D eigenvalue weighted by atomic mass is 9.89. The fraction of sp³-hybridized carbons (Fsp3) is 0.917. The van der Waals surface area contributed by atoms with Crippen molar-refractivity contribution in [3.63, 3.8) is 0 Å². The van der Waals surface area contributed by atoms with Crippen molar-refractivity contribution in [2.24, 2.45) is 23.7 Å². The summed E-state index contributed by atoms with van der Waals surface area (Å²) >= 11 is 0. The van der Waals surface area contributed by atoms with Gasteiger partial charge in [0.15, 0.2) is 0 Å². The van der Waals surface area contributed by atoms with Gasteiger partial charge in [0.25, 0.3) is 0 Å². The number of esters is 2. The Bertz CT molecular complexity index is 403. The zero-order chi connectivity index (χ0) is 21.4. The number of carbonyl (C=O) groups is 2. The maximum absolute atomic E-state index is 12.5. The topological polar surface area (TPSA) is 52.6 Å². The predicted molar refractivity (Wildman–Crippen MR) is 116 cm³/mol. The molecule has 0 heterocycles. The Hall–Kier alpha value is -1.06. The minimum absolute atomic E-state index is 0.118. The summed E-state index contributed by atoms with van der Waals surface area (Å²) in [5, 5.41) is 0. The molecule has 0 amide bonds. The second-order valence-electron chi connectivity index (χ2n) is 9.07. The molecular weight excluding hydrogens is 352 g/mol. The quantitative estimate of drug-likeness (QED) is 0.206. The van der Waals surface area contributed by atoms with Gasteiger partial charge >= 0.3 is 11.9 Å². The van der Waals surface area contributed by atoms with Crippen LogP contribution in [0.5, 0.6) is 0 Å². The van der Waals surface area contributed by atoms with Crippen LogP contribution in [0.1, 0.15) is 106 Å². The van der Waals surface area contributed by atoms with E-state index in [1.54, 1.807) is 0 Å². The Balaban J connectivity index is 4.13. The van der Waals surface area contributed by atoms with Crippen LogP contribution in [0.15, 0.2) is 0 Å². The van der Waals surface area contributed by atoms with Crippen molar-refractivity contribution >= 4 is 11.9 Å². The predicted octanol–water partition coefficient (Wildman–Crippen LogP) is 6.56. The van der Waals surface area contributed by atoms with Gasteiger partial charge in [-0.1, -0.05) is 86.5 Å². The van der Waals surface area contributed by atoms with Crippen LogP contribution in [-0.2, 0) is 19.1 Å². The van der Waals surface area contributed by atoms with E-state index in [1.165, 1.54) is 25.7 Å². The lowest BCUT2D eigenvalue weighted by Gasteiger charge is -2.20. The van der Waals surface area contributed by atoms with Crippen LogP contribution >= 0.6 is 0 Å². The van der Waals surface area contributed by atoms with Crippen molar-refractivity contribution in [3.05, 3.63) is 0 Å². The number of carbonyl (C=O) groups excluding carboxylic acids is 2. The highest BCUT2D eigenvalue weighted by Crippen LogP contribution is 2.22. The highest BCUT2D eigenvalue weighted by Gasteiger charge is 2.28. The third kappa shape index (κ3) is 14.9. The highest BCUT2D eigenvalue weighted by molar-refractivity contribution is 5.80. The van der Waals surface area contributed by atoms with Crippen LogP contribution in [0.2, 0.25) is 0 Å². The van der Waals surface area contributed by atoms with Gasteiger partial charge in [0.1, 0.15) is 0 Å². The third-order valence-corrected chi connectivity index (χ3v) is 5.38. The molecule has 166 valence electrons. The SMILES string of the molecule is CCC(C)C(CC(=O)OCCCCCC(C)C)C(=O)OCCCCCC(C)C. The Morgan fingerprint density at radius 1 is 0.714 bits per heavy atom. The van der Waals surface area contributed by atoms with E-state index in [-0.39, 0.29) is 24.3 Å². The number of rotatable bonds is 17. The highest BCUT2D eigenvalue weighted by atomic mass is 16.5. The van der Waals surface area contributed by atoms with E-state index in [0.29, 0.717) is 13.2 Å². The monoisotopic (exact) mass is 398 g/mol. The summed E-state index contributed by atoms with van der Waals surface area (Å²) in [7, 11) is 0. The zero-order valence-corrected chi connectivity index (χ0v) is 19.4. The first-order valence-corrected chi connectivity index (χ1v) is 11.6. The Kier molecular flexibility index (Phi) is 16.2. The molecule has 2 atom stereocenters. The number of hydrogen-bond acceptors (Lipinski definition) is 4. The molecule has 0 N–H and O–H groups in total. The van der Waals surface area contributed by atoms with Gasteiger partial charge in [0.05, 0.1) is 25.6 Å². The number of unbranched alkanes of at least 4 members (excludes halogenated alkanes) is 4. The molecule has 0 bridgehead atoms. The fourth-order valence-electron chi connectivity index (χ4n) is 3.17. The van der Waals surface area contributed by atoms with Gasteiger partial charge in [0, 0.05) is 0 Å². The molecule has 0 aromatic heterocycles. The van der Waals surface area contributed by atoms with Crippen LogP contribution in [-0.4, -0.2) is 25.2 Å². The average Bonchev–Trinajstić information content (AvgIpc) is 2.64. The van der Waals surface area contributed by atoms with Crippen molar-refractivity contribution in [3.8, 4) is 0 Å². The van der Waals surface area contributed by atoms with Crippen molar-refractivity contribution in [2.45, 2.75) is 106 Å². The Morgan fingerprint density at radius 2 is 1.21 bits per heavy atom. The van der Waals surface area contributed by atoms with Crippen molar-refractivity contribution in [1.29, 1.82) is 0 Å². The molecule has 0 aliphatic rings. The van der Waals surface area contributed by atoms with Gasteiger partial charge in [0.2, 0.25) is 0 Å². The van der Waals surface area contributed by atoms with E-state index < -0.39 is 5.92 Å². The van der Waals surface area contributed by atoms with E-state index in [0.717, 1.165) is 43.9 Å². The van der Waals surface area contributed by atoms with Gasteiger partial charge in [-0.05, 0) is 30.6 Å². The van der Waals surface area contributed by atoms with E-state index in [4.69, 9.17) is 9.47 Å². The first kappa shape index (κ1) is 26.9. The van der Waals surface area contributed by atoms with Crippen LogP contribution in [0.3, 0.4) is 0 Å². The molecule has 0 aromatic rings. The lowest BCUT2D eigenvalue weighted by molar-refractivity contribution is -0.157.